The van der Waals surface area contributed by atoms with Crippen molar-refractivity contribution in [3.63, 3.8) is 0 Å². The van der Waals surface area contributed by atoms with Crippen LogP contribution in [-0.4, -0.2) is 30.5 Å². The number of rotatable bonds is 4. The SMILES string of the molecule is CC(C)(C)c1ccc(C(=O)NCC2CCCNC2)cc1[N+](=O)[O-]. The molecule has 6 nitrogen and oxygen atoms in total. The van der Waals surface area contributed by atoms with Crippen LogP contribution in [0.5, 0.6) is 0 Å². The topological polar surface area (TPSA) is 84.3 Å². The first-order valence-corrected chi connectivity index (χ1v) is 8.07. The first kappa shape index (κ1) is 17.4. The van der Waals surface area contributed by atoms with Gasteiger partial charge in [0.25, 0.3) is 11.6 Å². The van der Waals surface area contributed by atoms with E-state index in [1.807, 2.05) is 20.8 Å². The second-order valence-electron chi connectivity index (χ2n) is 7.16. The molecule has 1 fully saturated rings. The molecule has 1 aliphatic heterocycles. The van der Waals surface area contributed by atoms with Crippen molar-refractivity contribution in [1.29, 1.82) is 0 Å². The second kappa shape index (κ2) is 7.08. The summed E-state index contributed by atoms with van der Waals surface area (Å²) in [5.41, 5.74) is 0.638. The molecular weight excluding hydrogens is 294 g/mol. The van der Waals surface area contributed by atoms with Gasteiger partial charge in [0.05, 0.1) is 4.92 Å². The van der Waals surface area contributed by atoms with E-state index >= 15 is 0 Å². The van der Waals surface area contributed by atoms with Crippen LogP contribution in [0, 0.1) is 16.0 Å². The zero-order valence-electron chi connectivity index (χ0n) is 14.0. The highest BCUT2D eigenvalue weighted by Crippen LogP contribution is 2.31. The number of carbonyl (C=O) groups excluding carboxylic acids is 1. The van der Waals surface area contributed by atoms with Gasteiger partial charge in [0.2, 0.25) is 0 Å². The van der Waals surface area contributed by atoms with Crippen LogP contribution in [0.25, 0.3) is 0 Å². The van der Waals surface area contributed by atoms with Crippen molar-refractivity contribution >= 4 is 11.6 Å². The number of nitro groups is 1. The maximum Gasteiger partial charge on any atom is 0.273 e. The minimum absolute atomic E-state index is 0.00415. The van der Waals surface area contributed by atoms with E-state index in [-0.39, 0.29) is 17.0 Å². The summed E-state index contributed by atoms with van der Waals surface area (Å²) >= 11 is 0. The van der Waals surface area contributed by atoms with Gasteiger partial charge in [0, 0.05) is 23.7 Å². The van der Waals surface area contributed by atoms with Crippen molar-refractivity contribution in [2.45, 2.75) is 39.0 Å². The largest absolute Gasteiger partial charge is 0.352 e. The molecule has 1 unspecified atom stereocenters. The predicted octanol–water partition coefficient (Wildman–Crippen LogP) is 2.62. The molecule has 2 N–H and O–H groups in total. The molecule has 0 spiro atoms. The third kappa shape index (κ3) is 4.51. The Morgan fingerprint density at radius 3 is 2.74 bits per heavy atom. The van der Waals surface area contributed by atoms with E-state index in [1.165, 1.54) is 6.07 Å². The van der Waals surface area contributed by atoms with Crippen LogP contribution < -0.4 is 10.6 Å². The Morgan fingerprint density at radius 1 is 1.43 bits per heavy atom. The summed E-state index contributed by atoms with van der Waals surface area (Å²) in [6.07, 6.45) is 2.21. The van der Waals surface area contributed by atoms with Crippen molar-refractivity contribution in [2.75, 3.05) is 19.6 Å². The zero-order chi connectivity index (χ0) is 17.0. The number of nitrogens with zero attached hydrogens (tertiary/aromatic N) is 1. The van der Waals surface area contributed by atoms with Crippen LogP contribution in [0.2, 0.25) is 0 Å². The number of hydrogen-bond donors (Lipinski definition) is 2. The van der Waals surface area contributed by atoms with Gasteiger partial charge in [-0.15, -0.1) is 0 Å². The molecule has 0 radical (unpaired) electrons. The first-order chi connectivity index (χ1) is 10.8. The average molecular weight is 319 g/mol. The Labute approximate surface area is 136 Å². The number of amides is 1. The number of carbonyl (C=O) groups is 1. The van der Waals surface area contributed by atoms with Gasteiger partial charge in [-0.2, -0.15) is 0 Å². The van der Waals surface area contributed by atoms with Gasteiger partial charge in [0.1, 0.15) is 0 Å². The summed E-state index contributed by atoms with van der Waals surface area (Å²) in [6.45, 7) is 8.30. The van der Waals surface area contributed by atoms with Gasteiger partial charge in [-0.1, -0.05) is 26.8 Å². The van der Waals surface area contributed by atoms with E-state index in [0.717, 1.165) is 25.9 Å². The average Bonchev–Trinajstić information content (AvgIpc) is 2.52. The summed E-state index contributed by atoms with van der Waals surface area (Å²) in [5.74, 6) is 0.177. The fourth-order valence-electron chi connectivity index (χ4n) is 2.90. The monoisotopic (exact) mass is 319 g/mol. The Balaban J connectivity index is 2.11. The Hall–Kier alpha value is -1.95. The van der Waals surface area contributed by atoms with Gasteiger partial charge in [0.15, 0.2) is 0 Å². The van der Waals surface area contributed by atoms with E-state index in [9.17, 15) is 14.9 Å². The maximum atomic E-state index is 12.3. The van der Waals surface area contributed by atoms with Crippen molar-refractivity contribution in [1.82, 2.24) is 10.6 Å². The molecule has 1 atom stereocenters. The molecular formula is C17H25N3O3. The van der Waals surface area contributed by atoms with E-state index < -0.39 is 4.92 Å². The molecule has 1 saturated heterocycles. The molecule has 1 aliphatic rings. The van der Waals surface area contributed by atoms with E-state index in [1.54, 1.807) is 12.1 Å². The molecule has 1 aromatic rings. The van der Waals surface area contributed by atoms with Crippen molar-refractivity contribution in [2.24, 2.45) is 5.92 Å². The molecule has 0 bridgehead atoms. The quantitative estimate of drug-likeness (QED) is 0.660. The maximum absolute atomic E-state index is 12.3. The second-order valence-corrected chi connectivity index (χ2v) is 7.16. The molecule has 0 saturated carbocycles. The molecule has 0 aromatic heterocycles. The highest BCUT2D eigenvalue weighted by Gasteiger charge is 2.26. The first-order valence-electron chi connectivity index (χ1n) is 8.07. The fourth-order valence-corrected chi connectivity index (χ4v) is 2.90. The summed E-state index contributed by atoms with van der Waals surface area (Å²) in [5, 5.41) is 17.5. The van der Waals surface area contributed by atoms with Crippen molar-refractivity contribution in [3.8, 4) is 0 Å². The van der Waals surface area contributed by atoms with E-state index in [4.69, 9.17) is 0 Å². The Bertz CT molecular complexity index is 587. The van der Waals surface area contributed by atoms with Crippen molar-refractivity contribution in [3.05, 3.63) is 39.4 Å². The van der Waals surface area contributed by atoms with Gasteiger partial charge in [-0.3, -0.25) is 14.9 Å². The fraction of sp³-hybridized carbons (Fsp3) is 0.588. The van der Waals surface area contributed by atoms with Crippen LogP contribution >= 0.6 is 0 Å². The lowest BCUT2D eigenvalue weighted by atomic mass is 9.85. The molecule has 1 amide bonds. The highest BCUT2D eigenvalue weighted by atomic mass is 16.6. The number of piperidine rings is 1. The van der Waals surface area contributed by atoms with Crippen LogP contribution in [0.15, 0.2) is 18.2 Å². The molecule has 2 rings (SSSR count). The number of nitro benzene ring substituents is 1. The number of benzene rings is 1. The minimum atomic E-state index is -0.414. The summed E-state index contributed by atoms with van der Waals surface area (Å²) in [4.78, 5) is 23.2. The van der Waals surface area contributed by atoms with Gasteiger partial charge >= 0.3 is 0 Å². The predicted molar refractivity (Wildman–Crippen MR) is 89.7 cm³/mol. The molecule has 23 heavy (non-hydrogen) atoms. The van der Waals surface area contributed by atoms with Crippen LogP contribution in [0.3, 0.4) is 0 Å². The van der Waals surface area contributed by atoms with Crippen LogP contribution in [-0.2, 0) is 5.41 Å². The third-order valence-corrected chi connectivity index (χ3v) is 4.21. The molecule has 1 aromatic carbocycles. The number of nitrogens with one attached hydrogen (secondary N) is 2. The van der Waals surface area contributed by atoms with Crippen LogP contribution in [0.1, 0.15) is 49.5 Å². The molecule has 0 aliphatic carbocycles. The summed E-state index contributed by atoms with van der Waals surface area (Å²) < 4.78 is 0. The zero-order valence-corrected chi connectivity index (χ0v) is 14.0. The molecule has 6 heteroatoms. The Kier molecular flexibility index (Phi) is 5.36. The van der Waals surface area contributed by atoms with Gasteiger partial charge < -0.3 is 10.6 Å². The normalized spacial score (nSPS) is 18.5. The smallest absolute Gasteiger partial charge is 0.273 e. The standard InChI is InChI=1S/C17H25N3O3/c1-17(2,3)14-7-6-13(9-15(14)20(22)23)16(21)19-11-12-5-4-8-18-10-12/h6-7,9,12,18H,4-5,8,10-11H2,1-3H3,(H,19,21). The van der Waals surface area contributed by atoms with E-state index in [0.29, 0.717) is 23.6 Å². The molecule has 1 heterocycles. The Morgan fingerprint density at radius 2 is 2.17 bits per heavy atom. The lowest BCUT2D eigenvalue weighted by Gasteiger charge is -2.23. The molecule has 126 valence electrons. The van der Waals surface area contributed by atoms with Crippen molar-refractivity contribution < 1.29 is 9.72 Å². The highest BCUT2D eigenvalue weighted by molar-refractivity contribution is 5.95. The summed E-state index contributed by atoms with van der Waals surface area (Å²) in [7, 11) is 0. The van der Waals surface area contributed by atoms with Gasteiger partial charge in [-0.25, -0.2) is 0 Å². The lowest BCUT2D eigenvalue weighted by molar-refractivity contribution is -0.386. The van der Waals surface area contributed by atoms with Gasteiger partial charge in [-0.05, 0) is 43.3 Å². The van der Waals surface area contributed by atoms with E-state index in [2.05, 4.69) is 10.6 Å². The minimum Gasteiger partial charge on any atom is -0.352 e. The number of hydrogen-bond acceptors (Lipinski definition) is 4. The third-order valence-electron chi connectivity index (χ3n) is 4.21. The summed E-state index contributed by atoms with van der Waals surface area (Å²) in [6, 6.07) is 4.74. The lowest BCUT2D eigenvalue weighted by Crippen LogP contribution is -2.38. The van der Waals surface area contributed by atoms with Crippen LogP contribution in [0.4, 0.5) is 5.69 Å².